The van der Waals surface area contributed by atoms with Crippen LogP contribution in [0.25, 0.3) is 0 Å². The van der Waals surface area contributed by atoms with Crippen molar-refractivity contribution in [1.82, 2.24) is 5.32 Å². The first-order valence-electron chi connectivity index (χ1n) is 5.94. The summed E-state index contributed by atoms with van der Waals surface area (Å²) in [4.78, 5) is 0. The highest BCUT2D eigenvalue weighted by Crippen LogP contribution is 2.13. The van der Waals surface area contributed by atoms with Crippen molar-refractivity contribution in [2.24, 2.45) is 5.92 Å². The van der Waals surface area contributed by atoms with Crippen molar-refractivity contribution >= 4 is 0 Å². The standard InChI is InChI=1S/C12H27N/c1-5-7-8-11(3)10-12(4)13-9-6-2/h11-13H,5-10H2,1-4H3. The highest BCUT2D eigenvalue weighted by Gasteiger charge is 2.06. The van der Waals surface area contributed by atoms with E-state index in [9.17, 15) is 0 Å². The molecule has 2 unspecified atom stereocenters. The Kier molecular flexibility index (Phi) is 8.53. The fraction of sp³-hybridized carbons (Fsp3) is 1.00. The van der Waals surface area contributed by atoms with Crippen molar-refractivity contribution in [2.45, 2.75) is 65.8 Å². The van der Waals surface area contributed by atoms with Gasteiger partial charge in [0.2, 0.25) is 0 Å². The van der Waals surface area contributed by atoms with Gasteiger partial charge in [-0.25, -0.2) is 0 Å². The Morgan fingerprint density at radius 2 is 1.77 bits per heavy atom. The topological polar surface area (TPSA) is 12.0 Å². The molecule has 0 aromatic heterocycles. The molecule has 0 aromatic carbocycles. The largest absolute Gasteiger partial charge is 0.314 e. The first kappa shape index (κ1) is 13.0. The van der Waals surface area contributed by atoms with Crippen LogP contribution in [0.3, 0.4) is 0 Å². The van der Waals surface area contributed by atoms with Crippen LogP contribution >= 0.6 is 0 Å². The van der Waals surface area contributed by atoms with Crippen LogP contribution in [0.5, 0.6) is 0 Å². The van der Waals surface area contributed by atoms with E-state index in [4.69, 9.17) is 0 Å². The summed E-state index contributed by atoms with van der Waals surface area (Å²) in [7, 11) is 0. The van der Waals surface area contributed by atoms with E-state index >= 15 is 0 Å². The van der Waals surface area contributed by atoms with E-state index in [-0.39, 0.29) is 0 Å². The van der Waals surface area contributed by atoms with E-state index in [1.54, 1.807) is 0 Å². The lowest BCUT2D eigenvalue weighted by atomic mass is 9.97. The maximum absolute atomic E-state index is 3.54. The summed E-state index contributed by atoms with van der Waals surface area (Å²) < 4.78 is 0. The number of hydrogen-bond acceptors (Lipinski definition) is 1. The van der Waals surface area contributed by atoms with Gasteiger partial charge in [0.05, 0.1) is 0 Å². The molecule has 0 amide bonds. The van der Waals surface area contributed by atoms with Gasteiger partial charge in [0, 0.05) is 6.04 Å². The van der Waals surface area contributed by atoms with Crippen LogP contribution in [0.4, 0.5) is 0 Å². The summed E-state index contributed by atoms with van der Waals surface area (Å²) in [5.41, 5.74) is 0. The molecular weight excluding hydrogens is 158 g/mol. The van der Waals surface area contributed by atoms with Gasteiger partial charge in [-0.3, -0.25) is 0 Å². The van der Waals surface area contributed by atoms with Gasteiger partial charge in [0.15, 0.2) is 0 Å². The van der Waals surface area contributed by atoms with E-state index in [0.717, 1.165) is 5.92 Å². The minimum atomic E-state index is 0.701. The van der Waals surface area contributed by atoms with Gasteiger partial charge >= 0.3 is 0 Å². The predicted molar refractivity (Wildman–Crippen MR) is 61.1 cm³/mol. The molecule has 0 aliphatic heterocycles. The molecule has 0 heterocycles. The summed E-state index contributed by atoms with van der Waals surface area (Å²) >= 11 is 0. The Labute approximate surface area is 84.3 Å². The number of unbranched alkanes of at least 4 members (excludes halogenated alkanes) is 1. The van der Waals surface area contributed by atoms with Crippen molar-refractivity contribution in [3.05, 3.63) is 0 Å². The SMILES string of the molecule is CCCCC(C)CC(C)NCCC. The summed E-state index contributed by atoms with van der Waals surface area (Å²) in [6.45, 7) is 10.3. The van der Waals surface area contributed by atoms with E-state index in [1.807, 2.05) is 0 Å². The minimum absolute atomic E-state index is 0.701. The first-order chi connectivity index (χ1) is 6.20. The lowest BCUT2D eigenvalue weighted by Crippen LogP contribution is -2.28. The Morgan fingerprint density at radius 1 is 1.08 bits per heavy atom. The van der Waals surface area contributed by atoms with Gasteiger partial charge in [-0.05, 0) is 32.2 Å². The van der Waals surface area contributed by atoms with Crippen molar-refractivity contribution in [2.75, 3.05) is 6.54 Å². The molecule has 1 nitrogen and oxygen atoms in total. The average molecular weight is 185 g/mol. The van der Waals surface area contributed by atoms with Crippen LogP contribution in [-0.4, -0.2) is 12.6 Å². The van der Waals surface area contributed by atoms with Gasteiger partial charge in [-0.2, -0.15) is 0 Å². The van der Waals surface area contributed by atoms with E-state index < -0.39 is 0 Å². The maximum atomic E-state index is 3.54. The van der Waals surface area contributed by atoms with Gasteiger partial charge in [-0.1, -0.05) is 40.0 Å². The smallest absolute Gasteiger partial charge is 0.00412 e. The Bertz CT molecular complexity index is 89.3. The second kappa shape index (κ2) is 8.55. The van der Waals surface area contributed by atoms with Crippen molar-refractivity contribution < 1.29 is 0 Å². The zero-order valence-corrected chi connectivity index (χ0v) is 9.90. The minimum Gasteiger partial charge on any atom is -0.314 e. The normalized spacial score (nSPS) is 15.7. The molecule has 0 aliphatic carbocycles. The van der Waals surface area contributed by atoms with Gasteiger partial charge in [0.1, 0.15) is 0 Å². The van der Waals surface area contributed by atoms with Gasteiger partial charge in [0.25, 0.3) is 0 Å². The van der Waals surface area contributed by atoms with Crippen LogP contribution in [0.1, 0.15) is 59.8 Å². The zero-order valence-electron chi connectivity index (χ0n) is 9.90. The van der Waals surface area contributed by atoms with E-state index in [0.29, 0.717) is 6.04 Å². The van der Waals surface area contributed by atoms with Crippen molar-refractivity contribution in [1.29, 1.82) is 0 Å². The lowest BCUT2D eigenvalue weighted by molar-refractivity contribution is 0.394. The maximum Gasteiger partial charge on any atom is 0.00412 e. The third-order valence-electron chi connectivity index (χ3n) is 2.55. The van der Waals surface area contributed by atoms with E-state index in [2.05, 4.69) is 33.0 Å². The summed E-state index contributed by atoms with van der Waals surface area (Å²) in [5.74, 6) is 0.888. The predicted octanol–water partition coefficient (Wildman–Crippen LogP) is 3.59. The molecule has 0 fully saturated rings. The van der Waals surface area contributed by atoms with Crippen LogP contribution in [0.15, 0.2) is 0 Å². The molecule has 0 radical (unpaired) electrons. The van der Waals surface area contributed by atoms with Crippen LogP contribution in [0.2, 0.25) is 0 Å². The average Bonchev–Trinajstić information content (AvgIpc) is 2.11. The van der Waals surface area contributed by atoms with Gasteiger partial charge in [-0.15, -0.1) is 0 Å². The van der Waals surface area contributed by atoms with Crippen LogP contribution in [-0.2, 0) is 0 Å². The molecule has 1 heteroatoms. The van der Waals surface area contributed by atoms with Crippen LogP contribution in [0, 0.1) is 5.92 Å². The fourth-order valence-corrected chi connectivity index (χ4v) is 1.75. The Balaban J connectivity index is 3.35. The molecule has 0 spiro atoms. The third kappa shape index (κ3) is 8.29. The Morgan fingerprint density at radius 3 is 2.31 bits per heavy atom. The fourth-order valence-electron chi connectivity index (χ4n) is 1.75. The Hall–Kier alpha value is -0.0400. The molecular formula is C12H27N. The molecule has 0 aromatic rings. The first-order valence-corrected chi connectivity index (χ1v) is 5.94. The number of nitrogens with one attached hydrogen (secondary N) is 1. The van der Waals surface area contributed by atoms with E-state index in [1.165, 1.54) is 38.6 Å². The molecule has 80 valence electrons. The van der Waals surface area contributed by atoms with Gasteiger partial charge < -0.3 is 5.32 Å². The molecule has 13 heavy (non-hydrogen) atoms. The molecule has 0 saturated heterocycles. The molecule has 1 N–H and O–H groups in total. The number of rotatable bonds is 8. The number of hydrogen-bond donors (Lipinski definition) is 1. The third-order valence-corrected chi connectivity index (χ3v) is 2.55. The molecule has 0 rings (SSSR count). The molecule has 0 saturated carbocycles. The van der Waals surface area contributed by atoms with Crippen LogP contribution < -0.4 is 5.32 Å². The summed E-state index contributed by atoms with van der Waals surface area (Å²) in [5, 5.41) is 3.54. The molecule has 0 aliphatic rings. The second-order valence-corrected chi connectivity index (χ2v) is 4.34. The zero-order chi connectivity index (χ0) is 10.1. The van der Waals surface area contributed by atoms with Crippen molar-refractivity contribution in [3.8, 4) is 0 Å². The second-order valence-electron chi connectivity index (χ2n) is 4.34. The highest BCUT2D eigenvalue weighted by molar-refractivity contribution is 4.64. The quantitative estimate of drug-likeness (QED) is 0.609. The lowest BCUT2D eigenvalue weighted by Gasteiger charge is -2.18. The summed E-state index contributed by atoms with van der Waals surface area (Å²) in [6, 6.07) is 0.701. The monoisotopic (exact) mass is 185 g/mol. The summed E-state index contributed by atoms with van der Waals surface area (Å²) in [6.07, 6.45) is 6.70. The molecule has 0 bridgehead atoms. The molecule has 2 atom stereocenters. The highest BCUT2D eigenvalue weighted by atomic mass is 14.9. The van der Waals surface area contributed by atoms with Crippen molar-refractivity contribution in [3.63, 3.8) is 0 Å².